The van der Waals surface area contributed by atoms with Crippen LogP contribution in [0.2, 0.25) is 0 Å². The highest BCUT2D eigenvalue weighted by Gasteiger charge is 2.33. The Morgan fingerprint density at radius 3 is 1.00 bits per heavy atom. The lowest BCUT2D eigenvalue weighted by Crippen LogP contribution is -2.52. The molecule has 0 bridgehead atoms. The predicted molar refractivity (Wildman–Crippen MR) is 500 cm³/mol. The van der Waals surface area contributed by atoms with Crippen molar-refractivity contribution < 1.29 is 47.8 Å². The summed E-state index contributed by atoms with van der Waals surface area (Å²) in [6, 6.07) is 10.0. The third-order valence-corrected chi connectivity index (χ3v) is 20.6. The van der Waals surface area contributed by atoms with E-state index in [2.05, 4.69) is 120 Å². The molecule has 0 atom stereocenters. The Morgan fingerprint density at radius 2 is 0.720 bits per heavy atom. The van der Waals surface area contributed by atoms with Gasteiger partial charge in [0, 0.05) is 173 Å². The minimum Gasteiger partial charge on any atom is -0.379 e. The SMILES string of the molecule is CC(=O)C(C)(C)C.CC(=O)C(C)(C)C.CC(C)(C)C(=O)N1CCCCC1.CC(C)(C)C(=O)N1CCOCC1.CC(C)(C)CCN1CCOCC1.CC(C)(C)N1CCCCC1.CC(C)CNC(=O)C(C)(C)C.CCC(=O)C(C)(C)C.CN(Cc1ccccc1)C(=O)C(C)(C)C.CN1CCN(C(=O)C(C)(C)C)CC1.CN1CCN(C(C)(C)C)CC1. The van der Waals surface area contributed by atoms with E-state index in [-0.39, 0.29) is 78.5 Å². The van der Waals surface area contributed by atoms with E-state index >= 15 is 0 Å². The molecule has 0 aromatic heterocycles. The quantitative estimate of drug-likeness (QED) is 0.270. The minimum absolute atomic E-state index is 0.130. The smallest absolute Gasteiger partial charge is 0.228 e. The van der Waals surface area contributed by atoms with Gasteiger partial charge in [0.2, 0.25) is 29.5 Å². The Bertz CT molecular complexity index is 2820. The van der Waals surface area contributed by atoms with Crippen LogP contribution in [-0.4, -0.2) is 267 Å². The van der Waals surface area contributed by atoms with Crippen LogP contribution in [0.5, 0.6) is 0 Å². The number of hydrogen-bond donors (Lipinski definition) is 1. The maximum absolute atomic E-state index is 11.9. The monoisotopic (exact) mass is 1670 g/mol. The van der Waals surface area contributed by atoms with E-state index < -0.39 is 0 Å². The van der Waals surface area contributed by atoms with Crippen LogP contribution in [0.3, 0.4) is 0 Å². The summed E-state index contributed by atoms with van der Waals surface area (Å²) in [6.07, 6.45) is 9.83. The summed E-state index contributed by atoms with van der Waals surface area (Å²) in [5, 5.41) is 2.88. The number of morpholine rings is 2. The number of carbonyl (C=O) groups excluding carboxylic acids is 8. The van der Waals surface area contributed by atoms with Gasteiger partial charge in [-0.3, -0.25) is 53.1 Å². The van der Waals surface area contributed by atoms with Crippen LogP contribution >= 0.6 is 0 Å². The fourth-order valence-corrected chi connectivity index (χ4v) is 11.3. The van der Waals surface area contributed by atoms with E-state index in [1.807, 2.05) is 225 Å². The van der Waals surface area contributed by atoms with Gasteiger partial charge in [-0.1, -0.05) is 244 Å². The molecule has 0 spiro atoms. The van der Waals surface area contributed by atoms with Gasteiger partial charge < -0.3 is 44.2 Å². The average Bonchev–Trinajstić information content (AvgIpc) is 0.862. The topological polar surface area (TPSA) is 196 Å². The van der Waals surface area contributed by atoms with E-state index in [0.29, 0.717) is 60.3 Å². The highest BCUT2D eigenvalue weighted by Crippen LogP contribution is 2.26. The molecule has 6 aliphatic heterocycles. The molecule has 0 unspecified atom stereocenters. The molecular formula is C98H192N10O10. The fourth-order valence-electron chi connectivity index (χ4n) is 11.3. The molecule has 5 amide bonds. The van der Waals surface area contributed by atoms with Gasteiger partial charge in [0.1, 0.15) is 17.3 Å². The second-order valence-electron chi connectivity index (χ2n) is 44.9. The van der Waals surface area contributed by atoms with Gasteiger partial charge in [0.15, 0.2) is 0 Å². The number of piperidine rings is 2. The van der Waals surface area contributed by atoms with Gasteiger partial charge in [0.05, 0.1) is 26.4 Å². The van der Waals surface area contributed by atoms with Gasteiger partial charge in [-0.25, -0.2) is 0 Å². The number of Topliss-reactive ketones (excluding diaryl/α,β-unsaturated/α-hetero) is 3. The van der Waals surface area contributed by atoms with Crippen LogP contribution in [0.1, 0.15) is 320 Å². The summed E-state index contributed by atoms with van der Waals surface area (Å²) in [5.41, 5.74) is 0.759. The Morgan fingerprint density at radius 1 is 0.398 bits per heavy atom. The number of likely N-dealkylation sites (tertiary alicyclic amines) is 2. The van der Waals surface area contributed by atoms with E-state index in [1.54, 1.807) is 18.7 Å². The Balaban J connectivity index is -0.000000610. The third-order valence-electron chi connectivity index (χ3n) is 20.6. The van der Waals surface area contributed by atoms with Crippen molar-refractivity contribution in [2.24, 2.45) is 54.7 Å². The lowest BCUT2D eigenvalue weighted by Gasteiger charge is -2.41. The van der Waals surface area contributed by atoms with Crippen LogP contribution < -0.4 is 5.32 Å². The van der Waals surface area contributed by atoms with Crippen molar-refractivity contribution in [1.29, 1.82) is 0 Å². The Kier molecular flexibility index (Phi) is 57.0. The van der Waals surface area contributed by atoms with E-state index in [0.717, 1.165) is 90.8 Å². The number of likely N-dealkylation sites (N-methyl/N-ethyl adjacent to an activating group) is 2. The predicted octanol–water partition coefficient (Wildman–Crippen LogP) is 18.6. The molecule has 1 aromatic rings. The van der Waals surface area contributed by atoms with E-state index in [9.17, 15) is 38.4 Å². The first kappa shape index (κ1) is 120. The Hall–Kier alpha value is -4.70. The normalized spacial score (nSPS) is 17.2. The number of benzene rings is 1. The molecule has 118 heavy (non-hydrogen) atoms. The Labute approximate surface area is 728 Å². The van der Waals surface area contributed by atoms with Crippen molar-refractivity contribution >= 4 is 46.9 Å². The third kappa shape index (κ3) is 61.6. The summed E-state index contributed by atoms with van der Waals surface area (Å²) in [7, 11) is 6.14. The molecule has 0 aliphatic carbocycles. The molecule has 694 valence electrons. The molecule has 1 aromatic carbocycles. The van der Waals surface area contributed by atoms with Gasteiger partial charge in [-0.05, 0) is 145 Å². The summed E-state index contributed by atoms with van der Waals surface area (Å²) in [6.45, 7) is 99.4. The molecule has 7 rings (SSSR count). The molecule has 20 heteroatoms. The zero-order valence-electron chi connectivity index (χ0n) is 85.0. The molecule has 0 radical (unpaired) electrons. The first-order valence-electron chi connectivity index (χ1n) is 45.0. The maximum atomic E-state index is 11.9. The van der Waals surface area contributed by atoms with Crippen molar-refractivity contribution in [3.8, 4) is 0 Å². The number of rotatable bonds is 7. The number of ketones is 3. The molecule has 1 N–H and O–H groups in total. The number of ether oxygens (including phenoxy) is 2. The van der Waals surface area contributed by atoms with Crippen LogP contribution in [-0.2, 0) is 54.4 Å². The number of carbonyl (C=O) groups is 8. The standard InChI is InChI=1S/C13H19NO.C10H20N2O.C10H21NO.C10H19NO.C9H20N2.C9H17NO2.C9H19NO.C9H19N.C7H14O.2C6H12O/c1-13(2,3)12(15)14(4)10-11-8-6-5-7-9-11;1-10(2,3)9(13)12-7-5-11(4)6-8-12;1-10(2,3)4-5-11-6-8-12-9-7-11;1-10(2,3)9(12)11-7-5-4-6-8-11;1-9(2,3)11-7-5-10(4)6-8-11;1-9(2,3)8(11)10-4-6-12-7-5-10;1-7(2)6-10-8(11)9(3,4)5;1-9(2,3)10-7-5-4-6-8-10;1-5-6(8)7(2,3)4;2*1-5(7)6(2,3)4/h5-9H,10H2,1-4H3;5-8H2,1-4H3;4-9H2,1-3H3;4-8H2,1-3H3;5-8H2,1-4H3;4-7H2,1-3H3;7H,6H2,1-5H3,(H,10,11);4-8H2,1-3H3;5H2,1-4H3;2*1-4H3. The van der Waals surface area contributed by atoms with Crippen LogP contribution in [0.25, 0.3) is 0 Å². The lowest BCUT2D eigenvalue weighted by molar-refractivity contribution is -0.143. The summed E-state index contributed by atoms with van der Waals surface area (Å²) in [5.74, 6) is 2.46. The average molecular weight is 1670 g/mol. The van der Waals surface area contributed by atoms with E-state index in [4.69, 9.17) is 9.47 Å². The van der Waals surface area contributed by atoms with Gasteiger partial charge in [-0.2, -0.15) is 0 Å². The van der Waals surface area contributed by atoms with Crippen LogP contribution in [0, 0.1) is 54.7 Å². The van der Waals surface area contributed by atoms with Crippen molar-refractivity contribution in [2.75, 3.05) is 165 Å². The minimum atomic E-state index is -0.302. The molecule has 0 saturated carbocycles. The molecule has 20 nitrogen and oxygen atoms in total. The van der Waals surface area contributed by atoms with Gasteiger partial charge in [-0.15, -0.1) is 0 Å². The summed E-state index contributed by atoms with van der Waals surface area (Å²) in [4.78, 5) is 110. The largest absolute Gasteiger partial charge is 0.379 e. The number of nitrogens with one attached hydrogen (secondary N) is 1. The number of piperazine rings is 2. The first-order valence-corrected chi connectivity index (χ1v) is 45.0. The molecule has 6 fully saturated rings. The first-order chi connectivity index (χ1) is 53.2. The van der Waals surface area contributed by atoms with Crippen LogP contribution in [0.15, 0.2) is 30.3 Å². The lowest BCUT2D eigenvalue weighted by atomic mass is 9.90. The molecule has 6 heterocycles. The van der Waals surface area contributed by atoms with Crippen molar-refractivity contribution in [3.05, 3.63) is 35.9 Å². The second kappa shape index (κ2) is 56.2. The molecule has 6 saturated heterocycles. The zero-order valence-corrected chi connectivity index (χ0v) is 85.0. The highest BCUT2D eigenvalue weighted by atomic mass is 16.5. The summed E-state index contributed by atoms with van der Waals surface area (Å²) >= 11 is 0. The van der Waals surface area contributed by atoms with Crippen molar-refractivity contribution in [3.63, 3.8) is 0 Å². The number of amides is 5. The fraction of sp³-hybridized carbons (Fsp3) is 0.857. The van der Waals surface area contributed by atoms with Crippen LogP contribution in [0.4, 0.5) is 0 Å². The second-order valence-corrected chi connectivity index (χ2v) is 44.9. The molecular weight excluding hydrogens is 1480 g/mol. The summed E-state index contributed by atoms with van der Waals surface area (Å²) < 4.78 is 10.5. The number of hydrogen-bond acceptors (Lipinski definition) is 15. The molecule has 6 aliphatic rings. The van der Waals surface area contributed by atoms with Gasteiger partial charge >= 0.3 is 0 Å². The zero-order chi connectivity index (χ0) is 93.0. The highest BCUT2D eigenvalue weighted by molar-refractivity contribution is 5.84. The van der Waals surface area contributed by atoms with Crippen molar-refractivity contribution in [1.82, 2.24) is 49.4 Å². The number of nitrogens with zero attached hydrogens (tertiary/aromatic N) is 9. The van der Waals surface area contributed by atoms with E-state index in [1.165, 1.54) is 90.8 Å². The van der Waals surface area contributed by atoms with Crippen molar-refractivity contribution in [2.45, 2.75) is 332 Å². The van der Waals surface area contributed by atoms with Gasteiger partial charge in [0.25, 0.3) is 0 Å². The maximum Gasteiger partial charge on any atom is 0.228 e.